The molecule has 0 aromatic heterocycles. The van der Waals surface area contributed by atoms with Gasteiger partial charge in [-0.3, -0.25) is 14.8 Å². The van der Waals surface area contributed by atoms with Crippen LogP contribution in [0.4, 0.5) is 5.69 Å². The van der Waals surface area contributed by atoms with Gasteiger partial charge in [-0.1, -0.05) is 55.2 Å². The van der Waals surface area contributed by atoms with Gasteiger partial charge in [0.2, 0.25) is 0 Å². The summed E-state index contributed by atoms with van der Waals surface area (Å²) < 4.78 is 0. The lowest BCUT2D eigenvalue weighted by Crippen LogP contribution is -2.53. The summed E-state index contributed by atoms with van der Waals surface area (Å²) in [5, 5.41) is 0.802. The molecule has 182 valence electrons. The first-order valence-electron chi connectivity index (χ1n) is 14.0. The number of benzene rings is 1. The molecule has 2 saturated heterocycles. The van der Waals surface area contributed by atoms with E-state index in [4.69, 9.17) is 28.8 Å². The first-order chi connectivity index (χ1) is 16.6. The summed E-state index contributed by atoms with van der Waals surface area (Å²) in [4.78, 5) is 12.2. The molecule has 1 unspecified atom stereocenters. The molecule has 5 heteroatoms. The second-order valence-corrected chi connectivity index (χ2v) is 13.4. The van der Waals surface area contributed by atoms with Crippen molar-refractivity contribution >= 4 is 40.3 Å². The molecule has 5 aliphatic carbocycles. The standard InChI is InChI=1S/C29H38ClN3S/c30-23-8-2-3-9-24(23)33-26(31-28-17-20-14-21(18-28)16-22(15-20)19-28)25(32-12-6-7-13-32)29(27(33)34)10-4-1-5-11-29/h2-3,8-9,20-22,25H,1,4-7,10-19H2. The second-order valence-electron chi connectivity index (χ2n) is 12.6. The molecule has 2 aliphatic heterocycles. The van der Waals surface area contributed by atoms with E-state index < -0.39 is 0 Å². The van der Waals surface area contributed by atoms with Crippen LogP contribution >= 0.6 is 23.8 Å². The van der Waals surface area contributed by atoms with E-state index in [2.05, 4.69) is 21.9 Å². The van der Waals surface area contributed by atoms with Crippen molar-refractivity contribution in [2.45, 2.75) is 95.1 Å². The Bertz CT molecular complexity index is 971. The summed E-state index contributed by atoms with van der Waals surface area (Å²) in [6.07, 6.45) is 17.2. The highest BCUT2D eigenvalue weighted by atomic mass is 35.5. The summed E-state index contributed by atoms with van der Waals surface area (Å²) in [6, 6.07) is 8.68. The van der Waals surface area contributed by atoms with Gasteiger partial charge in [-0.15, -0.1) is 0 Å². The maximum atomic E-state index is 6.88. The fraction of sp³-hybridized carbons (Fsp3) is 0.724. The minimum Gasteiger partial charge on any atom is -0.293 e. The van der Waals surface area contributed by atoms with E-state index in [-0.39, 0.29) is 11.0 Å². The molecule has 0 amide bonds. The van der Waals surface area contributed by atoms with Crippen molar-refractivity contribution in [3.63, 3.8) is 0 Å². The van der Waals surface area contributed by atoms with Crippen LogP contribution in [0.2, 0.25) is 5.02 Å². The van der Waals surface area contributed by atoms with Crippen LogP contribution in [0.3, 0.4) is 0 Å². The summed E-state index contributed by atoms with van der Waals surface area (Å²) in [6.45, 7) is 2.37. The summed E-state index contributed by atoms with van der Waals surface area (Å²) in [7, 11) is 0. The van der Waals surface area contributed by atoms with Gasteiger partial charge in [0.1, 0.15) is 5.84 Å². The van der Waals surface area contributed by atoms with Crippen LogP contribution in [-0.4, -0.2) is 40.4 Å². The van der Waals surface area contributed by atoms with Gasteiger partial charge in [-0.05, 0) is 107 Å². The number of para-hydroxylation sites is 1. The Morgan fingerprint density at radius 3 is 2.09 bits per heavy atom. The Morgan fingerprint density at radius 1 is 0.853 bits per heavy atom. The summed E-state index contributed by atoms with van der Waals surface area (Å²) in [5.41, 5.74) is 1.24. The average molecular weight is 496 g/mol. The van der Waals surface area contributed by atoms with Gasteiger partial charge in [-0.25, -0.2) is 0 Å². The largest absolute Gasteiger partial charge is 0.293 e. The molecule has 3 nitrogen and oxygen atoms in total. The Kier molecular flexibility index (Phi) is 5.42. The maximum absolute atomic E-state index is 6.88. The van der Waals surface area contributed by atoms with Gasteiger partial charge >= 0.3 is 0 Å². The molecular weight excluding hydrogens is 458 g/mol. The van der Waals surface area contributed by atoms with Crippen molar-refractivity contribution in [2.75, 3.05) is 18.0 Å². The molecule has 1 aromatic carbocycles. The van der Waals surface area contributed by atoms with Gasteiger partial charge in [0, 0.05) is 5.41 Å². The van der Waals surface area contributed by atoms with Crippen LogP contribution in [-0.2, 0) is 0 Å². The molecule has 0 N–H and O–H groups in total. The number of anilines is 1. The van der Waals surface area contributed by atoms with Gasteiger partial charge in [0.05, 0.1) is 27.3 Å². The molecule has 2 heterocycles. The van der Waals surface area contributed by atoms with Crippen LogP contribution in [0.5, 0.6) is 0 Å². The van der Waals surface area contributed by atoms with E-state index >= 15 is 0 Å². The number of likely N-dealkylation sites (tertiary alicyclic amines) is 1. The third-order valence-electron chi connectivity index (χ3n) is 10.3. The third-order valence-corrected chi connectivity index (χ3v) is 11.2. The number of aliphatic imine (C=N–C) groups is 1. The molecule has 0 radical (unpaired) electrons. The van der Waals surface area contributed by atoms with Crippen LogP contribution in [0, 0.1) is 23.2 Å². The molecule has 4 bridgehead atoms. The first kappa shape index (κ1) is 22.2. The third kappa shape index (κ3) is 3.38. The normalized spacial score (nSPS) is 40.2. The Balaban J connectivity index is 1.40. The van der Waals surface area contributed by atoms with E-state index in [1.807, 2.05) is 12.1 Å². The number of hydrogen-bond donors (Lipinski definition) is 0. The van der Waals surface area contributed by atoms with Crippen molar-refractivity contribution in [2.24, 2.45) is 28.2 Å². The van der Waals surface area contributed by atoms with E-state index in [0.29, 0.717) is 6.04 Å². The molecule has 7 aliphatic rings. The number of rotatable bonds is 3. The minimum atomic E-state index is 0.0399. The zero-order valence-electron chi connectivity index (χ0n) is 20.4. The quantitative estimate of drug-likeness (QED) is 0.411. The number of halogens is 1. The topological polar surface area (TPSA) is 18.8 Å². The molecule has 1 atom stereocenters. The molecule has 1 spiro atoms. The lowest BCUT2D eigenvalue weighted by molar-refractivity contribution is 0.00113. The van der Waals surface area contributed by atoms with E-state index in [1.54, 1.807) is 0 Å². The van der Waals surface area contributed by atoms with Crippen LogP contribution in [0.1, 0.15) is 83.5 Å². The maximum Gasteiger partial charge on any atom is 0.128 e. The van der Waals surface area contributed by atoms with Crippen LogP contribution in [0.15, 0.2) is 29.3 Å². The smallest absolute Gasteiger partial charge is 0.128 e. The van der Waals surface area contributed by atoms with Gasteiger partial charge in [-0.2, -0.15) is 0 Å². The molecule has 34 heavy (non-hydrogen) atoms. The van der Waals surface area contributed by atoms with Crippen molar-refractivity contribution in [3.8, 4) is 0 Å². The van der Waals surface area contributed by atoms with Crippen molar-refractivity contribution in [3.05, 3.63) is 29.3 Å². The average Bonchev–Trinajstić information content (AvgIpc) is 3.40. The summed E-state index contributed by atoms with van der Waals surface area (Å²) in [5.74, 6) is 3.95. The fourth-order valence-electron chi connectivity index (χ4n) is 9.42. The zero-order valence-corrected chi connectivity index (χ0v) is 21.9. The number of thiocarbonyl (C=S) groups is 1. The number of amidine groups is 1. The molecule has 8 rings (SSSR count). The lowest BCUT2D eigenvalue weighted by Gasteiger charge is -2.55. The molecular formula is C29H38ClN3S. The highest BCUT2D eigenvalue weighted by Crippen LogP contribution is 2.58. The second kappa shape index (κ2) is 8.28. The van der Waals surface area contributed by atoms with Crippen LogP contribution in [0.25, 0.3) is 0 Å². The number of hydrogen-bond acceptors (Lipinski definition) is 3. The van der Waals surface area contributed by atoms with E-state index in [0.717, 1.165) is 33.5 Å². The highest BCUT2D eigenvalue weighted by molar-refractivity contribution is 7.80. The molecule has 5 saturated carbocycles. The van der Waals surface area contributed by atoms with Gasteiger partial charge < -0.3 is 0 Å². The predicted octanol–water partition coefficient (Wildman–Crippen LogP) is 7.27. The van der Waals surface area contributed by atoms with Crippen molar-refractivity contribution < 1.29 is 0 Å². The predicted molar refractivity (Wildman–Crippen MR) is 145 cm³/mol. The summed E-state index contributed by atoms with van der Waals surface area (Å²) >= 11 is 13.3. The Labute approximate surface area is 215 Å². The number of nitrogens with zero attached hydrogens (tertiary/aromatic N) is 3. The monoisotopic (exact) mass is 495 g/mol. The zero-order chi connectivity index (χ0) is 22.9. The van der Waals surface area contributed by atoms with Crippen LogP contribution < -0.4 is 4.90 Å². The molecule has 7 fully saturated rings. The first-order valence-corrected chi connectivity index (χ1v) is 14.8. The fourth-order valence-corrected chi connectivity index (χ4v) is 10.1. The van der Waals surface area contributed by atoms with Gasteiger partial charge in [0.15, 0.2) is 0 Å². The SMILES string of the molecule is S=C1N(c2ccccc2Cl)C(=NC23CC4CC(CC(C4)C2)C3)C(N2CCCC2)C12CCCCC2. The Morgan fingerprint density at radius 2 is 1.47 bits per heavy atom. The lowest BCUT2D eigenvalue weighted by atomic mass is 9.53. The van der Waals surface area contributed by atoms with E-state index in [9.17, 15) is 0 Å². The van der Waals surface area contributed by atoms with Gasteiger partial charge in [0.25, 0.3) is 0 Å². The molecule has 1 aromatic rings. The van der Waals surface area contributed by atoms with E-state index in [1.165, 1.54) is 102 Å². The highest BCUT2D eigenvalue weighted by Gasteiger charge is 2.59. The van der Waals surface area contributed by atoms with Crippen molar-refractivity contribution in [1.29, 1.82) is 0 Å². The van der Waals surface area contributed by atoms with Crippen molar-refractivity contribution in [1.82, 2.24) is 4.90 Å². The minimum absolute atomic E-state index is 0.0399. The Hall–Kier alpha value is -0.970.